The van der Waals surface area contributed by atoms with Gasteiger partial charge in [0.05, 0.1) is 0 Å². The number of unbranched alkanes of at least 4 members (excludes halogenated alkanes) is 1. The topological polar surface area (TPSA) is 58.6 Å². The summed E-state index contributed by atoms with van der Waals surface area (Å²) in [6, 6.07) is 7.63. The van der Waals surface area contributed by atoms with Crippen LogP contribution in [0.5, 0.6) is 0 Å². The smallest absolute Gasteiger partial charge is 0.224 e. The third kappa shape index (κ3) is 6.72. The van der Waals surface area contributed by atoms with Gasteiger partial charge in [0, 0.05) is 45.8 Å². The molecule has 1 aromatic carbocycles. The average molecular weight is 306 g/mol. The molecule has 5 nitrogen and oxygen atoms in total. The summed E-state index contributed by atoms with van der Waals surface area (Å²) in [6.45, 7) is 5.43. The van der Waals surface area contributed by atoms with Crippen LogP contribution in [0, 0.1) is 0 Å². The molecule has 0 saturated carbocycles. The van der Waals surface area contributed by atoms with E-state index in [0.717, 1.165) is 24.1 Å². The quantitative estimate of drug-likeness (QED) is 0.714. The molecule has 2 amide bonds. The van der Waals surface area contributed by atoms with Crippen molar-refractivity contribution in [2.75, 3.05) is 25.6 Å². The van der Waals surface area contributed by atoms with Gasteiger partial charge in [-0.2, -0.15) is 0 Å². The molecule has 0 saturated heterocycles. The van der Waals surface area contributed by atoms with E-state index in [4.69, 9.17) is 4.74 Å². The molecule has 0 atom stereocenters. The Kier molecular flexibility index (Phi) is 8.22. The van der Waals surface area contributed by atoms with Crippen LogP contribution < -0.4 is 5.32 Å². The fourth-order valence-corrected chi connectivity index (χ4v) is 2.17. The Bertz CT molecular complexity index is 489. The van der Waals surface area contributed by atoms with Crippen LogP contribution in [0.1, 0.15) is 38.7 Å². The second-order valence-electron chi connectivity index (χ2n) is 5.23. The van der Waals surface area contributed by atoms with Gasteiger partial charge in [0.2, 0.25) is 11.8 Å². The molecule has 0 aliphatic heterocycles. The molecule has 0 aromatic heterocycles. The van der Waals surface area contributed by atoms with Crippen molar-refractivity contribution < 1.29 is 14.3 Å². The molecule has 0 aliphatic rings. The summed E-state index contributed by atoms with van der Waals surface area (Å²) >= 11 is 0. The molecule has 0 heterocycles. The predicted molar refractivity (Wildman–Crippen MR) is 87.6 cm³/mol. The first kappa shape index (κ1) is 18.2. The number of benzene rings is 1. The number of methoxy groups -OCH3 is 1. The number of ether oxygens (including phenoxy) is 1. The number of rotatable bonds is 9. The Morgan fingerprint density at radius 1 is 1.27 bits per heavy atom. The molecule has 1 rings (SSSR count). The van der Waals surface area contributed by atoms with E-state index >= 15 is 0 Å². The van der Waals surface area contributed by atoms with Crippen LogP contribution in [0.15, 0.2) is 24.3 Å². The number of carbonyl (C=O) groups is 2. The summed E-state index contributed by atoms with van der Waals surface area (Å²) in [7, 11) is 1.66. The molecule has 1 aromatic rings. The predicted octanol–water partition coefficient (Wildman–Crippen LogP) is 2.81. The van der Waals surface area contributed by atoms with Crippen LogP contribution in [0.3, 0.4) is 0 Å². The van der Waals surface area contributed by atoms with Gasteiger partial charge in [-0.1, -0.05) is 12.1 Å². The fourth-order valence-electron chi connectivity index (χ4n) is 2.17. The Labute approximate surface area is 132 Å². The van der Waals surface area contributed by atoms with Gasteiger partial charge in [0.1, 0.15) is 0 Å². The van der Waals surface area contributed by atoms with Gasteiger partial charge in [0.25, 0.3) is 0 Å². The van der Waals surface area contributed by atoms with E-state index in [0.29, 0.717) is 26.1 Å². The molecule has 1 N–H and O–H groups in total. The Morgan fingerprint density at radius 3 is 2.68 bits per heavy atom. The first-order valence-electron chi connectivity index (χ1n) is 7.70. The molecule has 0 radical (unpaired) electrons. The van der Waals surface area contributed by atoms with E-state index in [9.17, 15) is 9.59 Å². The molecule has 0 unspecified atom stereocenters. The van der Waals surface area contributed by atoms with E-state index < -0.39 is 0 Å². The van der Waals surface area contributed by atoms with E-state index in [1.165, 1.54) is 0 Å². The van der Waals surface area contributed by atoms with Crippen molar-refractivity contribution in [3.63, 3.8) is 0 Å². The van der Waals surface area contributed by atoms with E-state index in [-0.39, 0.29) is 11.8 Å². The van der Waals surface area contributed by atoms with Gasteiger partial charge in [-0.25, -0.2) is 0 Å². The van der Waals surface area contributed by atoms with Crippen LogP contribution in [-0.2, 0) is 20.9 Å². The minimum Gasteiger partial charge on any atom is -0.385 e. The highest BCUT2D eigenvalue weighted by molar-refractivity contribution is 5.90. The summed E-state index contributed by atoms with van der Waals surface area (Å²) in [5, 5.41) is 2.90. The van der Waals surface area contributed by atoms with Crippen molar-refractivity contribution >= 4 is 17.5 Å². The summed E-state index contributed by atoms with van der Waals surface area (Å²) < 4.78 is 4.96. The van der Waals surface area contributed by atoms with Gasteiger partial charge in [0.15, 0.2) is 0 Å². The Balaban J connectivity index is 2.53. The number of nitrogens with one attached hydrogen (secondary N) is 1. The second kappa shape index (κ2) is 9.95. The monoisotopic (exact) mass is 306 g/mol. The van der Waals surface area contributed by atoms with Crippen molar-refractivity contribution in [3.8, 4) is 0 Å². The highest BCUT2D eigenvalue weighted by atomic mass is 16.5. The first-order chi connectivity index (χ1) is 10.6. The summed E-state index contributed by atoms with van der Waals surface area (Å²) in [6.07, 6.45) is 2.18. The average Bonchev–Trinajstić information content (AvgIpc) is 2.49. The molecular weight excluding hydrogens is 280 g/mol. The maximum atomic E-state index is 11.9. The lowest BCUT2D eigenvalue weighted by molar-refractivity contribution is -0.129. The molecule has 0 fully saturated rings. The van der Waals surface area contributed by atoms with E-state index in [1.54, 1.807) is 18.9 Å². The van der Waals surface area contributed by atoms with E-state index in [1.807, 2.05) is 31.2 Å². The zero-order chi connectivity index (χ0) is 16.4. The van der Waals surface area contributed by atoms with Crippen molar-refractivity contribution in [2.45, 2.75) is 39.7 Å². The summed E-state index contributed by atoms with van der Waals surface area (Å²) in [5.74, 6) is 0.0576. The van der Waals surface area contributed by atoms with Crippen LogP contribution in [-0.4, -0.2) is 37.0 Å². The third-order valence-corrected chi connectivity index (χ3v) is 3.41. The summed E-state index contributed by atoms with van der Waals surface area (Å²) in [5.41, 5.74) is 1.78. The third-order valence-electron chi connectivity index (χ3n) is 3.41. The molecule has 122 valence electrons. The van der Waals surface area contributed by atoms with Crippen molar-refractivity contribution in [2.24, 2.45) is 0 Å². The number of amides is 2. The zero-order valence-corrected chi connectivity index (χ0v) is 13.7. The minimum atomic E-state index is 0.00664. The molecular formula is C17H26N2O3. The fraction of sp³-hybridized carbons (Fsp3) is 0.529. The number of hydrogen-bond acceptors (Lipinski definition) is 3. The van der Waals surface area contributed by atoms with Gasteiger partial charge >= 0.3 is 0 Å². The first-order valence-corrected chi connectivity index (χ1v) is 7.70. The standard InChI is InChI=1S/C17H26N2O3/c1-4-19(14(2)20)13-15-8-7-9-16(12-15)18-17(21)10-5-6-11-22-3/h7-9,12H,4-6,10-11,13H2,1-3H3,(H,18,21). The van der Waals surface area contributed by atoms with Gasteiger partial charge in [-0.05, 0) is 37.5 Å². The van der Waals surface area contributed by atoms with Gasteiger partial charge < -0.3 is 15.0 Å². The lowest BCUT2D eigenvalue weighted by Gasteiger charge is -2.19. The van der Waals surface area contributed by atoms with Crippen LogP contribution in [0.2, 0.25) is 0 Å². The number of anilines is 1. The molecule has 5 heteroatoms. The second-order valence-corrected chi connectivity index (χ2v) is 5.23. The molecule has 0 bridgehead atoms. The van der Waals surface area contributed by atoms with Crippen LogP contribution >= 0.6 is 0 Å². The van der Waals surface area contributed by atoms with Crippen molar-refractivity contribution in [1.29, 1.82) is 0 Å². The summed E-state index contributed by atoms with van der Waals surface area (Å²) in [4.78, 5) is 25.1. The Hall–Kier alpha value is -1.88. The number of hydrogen-bond donors (Lipinski definition) is 1. The molecule has 0 spiro atoms. The maximum Gasteiger partial charge on any atom is 0.224 e. The molecule has 0 aliphatic carbocycles. The van der Waals surface area contributed by atoms with Crippen molar-refractivity contribution in [3.05, 3.63) is 29.8 Å². The number of carbonyl (C=O) groups excluding carboxylic acids is 2. The zero-order valence-electron chi connectivity index (χ0n) is 13.7. The highest BCUT2D eigenvalue weighted by Gasteiger charge is 2.08. The van der Waals surface area contributed by atoms with Crippen LogP contribution in [0.25, 0.3) is 0 Å². The maximum absolute atomic E-state index is 11.9. The normalized spacial score (nSPS) is 10.3. The SMILES string of the molecule is CCN(Cc1cccc(NC(=O)CCCCOC)c1)C(C)=O. The lowest BCUT2D eigenvalue weighted by Crippen LogP contribution is -2.27. The minimum absolute atomic E-state index is 0.00664. The van der Waals surface area contributed by atoms with Gasteiger partial charge in [-0.3, -0.25) is 9.59 Å². The van der Waals surface area contributed by atoms with Crippen molar-refractivity contribution in [1.82, 2.24) is 4.90 Å². The van der Waals surface area contributed by atoms with E-state index in [2.05, 4.69) is 5.32 Å². The van der Waals surface area contributed by atoms with Crippen LogP contribution in [0.4, 0.5) is 5.69 Å². The lowest BCUT2D eigenvalue weighted by atomic mass is 10.1. The highest BCUT2D eigenvalue weighted by Crippen LogP contribution is 2.13. The van der Waals surface area contributed by atoms with Gasteiger partial charge in [-0.15, -0.1) is 0 Å². The Morgan fingerprint density at radius 2 is 2.05 bits per heavy atom. The largest absolute Gasteiger partial charge is 0.385 e. The molecule has 22 heavy (non-hydrogen) atoms. The number of nitrogens with zero attached hydrogens (tertiary/aromatic N) is 1.